The largest absolute Gasteiger partial charge is 0.493 e. The molecule has 0 fully saturated rings. The quantitative estimate of drug-likeness (QED) is 0.115. The van der Waals surface area contributed by atoms with Crippen molar-refractivity contribution in [3.63, 3.8) is 0 Å². The van der Waals surface area contributed by atoms with Gasteiger partial charge in [-0.15, -0.1) is 0 Å². The molecular weight excluding hydrogens is 605 g/mol. The van der Waals surface area contributed by atoms with Crippen LogP contribution >= 0.6 is 0 Å². The Morgan fingerprint density at radius 1 is 0.848 bits per heavy atom. The SMILES string of the molecule is COc1cc2nccc(Oc3ccc(NC(=O)C(CCOC(=O)CC(O)C(=O)O)C(=O)Nc4ccc(F)cc4)cc3)c2cc1OC. The molecule has 2 atom stereocenters. The summed E-state index contributed by atoms with van der Waals surface area (Å²) in [6, 6.07) is 16.4. The Bertz CT molecular complexity index is 1710. The van der Waals surface area contributed by atoms with E-state index in [1.165, 1.54) is 26.4 Å². The molecule has 2 unspecified atom stereocenters. The molecule has 1 aromatic heterocycles. The van der Waals surface area contributed by atoms with Gasteiger partial charge in [0.25, 0.3) is 0 Å². The first-order chi connectivity index (χ1) is 22.1. The summed E-state index contributed by atoms with van der Waals surface area (Å²) < 4.78 is 35.0. The van der Waals surface area contributed by atoms with Crippen LogP contribution in [0.3, 0.4) is 0 Å². The van der Waals surface area contributed by atoms with Crippen molar-refractivity contribution >= 4 is 46.0 Å². The molecule has 46 heavy (non-hydrogen) atoms. The van der Waals surface area contributed by atoms with Crippen LogP contribution in [0.2, 0.25) is 0 Å². The first-order valence-corrected chi connectivity index (χ1v) is 13.8. The van der Waals surface area contributed by atoms with Crippen LogP contribution in [-0.4, -0.2) is 65.9 Å². The molecule has 3 aromatic carbocycles. The van der Waals surface area contributed by atoms with Gasteiger partial charge in [0.1, 0.15) is 23.2 Å². The van der Waals surface area contributed by atoms with Gasteiger partial charge in [0.15, 0.2) is 17.6 Å². The van der Waals surface area contributed by atoms with Gasteiger partial charge in [-0.05, 0) is 60.7 Å². The van der Waals surface area contributed by atoms with Gasteiger partial charge in [-0.25, -0.2) is 9.18 Å². The van der Waals surface area contributed by atoms with E-state index in [0.717, 1.165) is 12.1 Å². The first-order valence-electron chi connectivity index (χ1n) is 13.8. The number of nitrogens with zero attached hydrogens (tertiary/aromatic N) is 1. The molecule has 0 saturated carbocycles. The molecular formula is C32H30FN3O10. The second-order valence-electron chi connectivity index (χ2n) is 9.77. The normalized spacial score (nSPS) is 12.0. The van der Waals surface area contributed by atoms with E-state index in [1.807, 2.05) is 0 Å². The number of nitrogens with one attached hydrogen (secondary N) is 2. The number of carbonyl (C=O) groups excluding carboxylic acids is 3. The molecule has 240 valence electrons. The minimum absolute atomic E-state index is 0.229. The van der Waals surface area contributed by atoms with Gasteiger partial charge in [-0.1, -0.05) is 0 Å². The molecule has 2 amide bonds. The Balaban J connectivity index is 1.45. The van der Waals surface area contributed by atoms with Crippen LogP contribution in [0.15, 0.2) is 72.9 Å². The lowest BCUT2D eigenvalue weighted by Gasteiger charge is -2.17. The number of pyridine rings is 1. The van der Waals surface area contributed by atoms with Crippen molar-refractivity contribution in [3.8, 4) is 23.0 Å². The van der Waals surface area contributed by atoms with E-state index in [4.69, 9.17) is 24.1 Å². The number of carbonyl (C=O) groups is 4. The molecule has 0 radical (unpaired) electrons. The summed E-state index contributed by atoms with van der Waals surface area (Å²) >= 11 is 0. The predicted octanol–water partition coefficient (Wildman–Crippen LogP) is 4.15. The van der Waals surface area contributed by atoms with Crippen LogP contribution in [-0.2, 0) is 23.9 Å². The van der Waals surface area contributed by atoms with Gasteiger partial charge in [-0.3, -0.25) is 19.4 Å². The number of rotatable bonds is 14. The number of aliphatic hydroxyl groups is 1. The third kappa shape index (κ3) is 8.66. The number of ether oxygens (including phenoxy) is 4. The third-order valence-corrected chi connectivity index (χ3v) is 6.62. The molecule has 0 spiro atoms. The fraction of sp³-hybridized carbons (Fsp3) is 0.219. The number of esters is 1. The lowest BCUT2D eigenvalue weighted by atomic mass is 10.0. The Kier molecular flexibility index (Phi) is 11.0. The molecule has 13 nitrogen and oxygen atoms in total. The Labute approximate surface area is 261 Å². The number of fused-ring (bicyclic) bond motifs is 1. The number of anilines is 2. The minimum atomic E-state index is -1.95. The van der Waals surface area contributed by atoms with E-state index in [-0.39, 0.29) is 12.1 Å². The average molecular weight is 636 g/mol. The number of aliphatic hydroxyl groups excluding tert-OH is 1. The maximum atomic E-state index is 13.3. The molecule has 1 heterocycles. The van der Waals surface area contributed by atoms with Crippen LogP contribution in [0, 0.1) is 11.7 Å². The van der Waals surface area contributed by atoms with E-state index >= 15 is 0 Å². The van der Waals surface area contributed by atoms with Gasteiger partial charge >= 0.3 is 11.9 Å². The number of carboxylic acid groups (broad SMARTS) is 1. The van der Waals surface area contributed by atoms with Crippen LogP contribution in [0.5, 0.6) is 23.0 Å². The minimum Gasteiger partial charge on any atom is -0.493 e. The average Bonchev–Trinajstić information content (AvgIpc) is 3.04. The van der Waals surface area contributed by atoms with Gasteiger partial charge in [0.05, 0.1) is 32.8 Å². The zero-order chi connectivity index (χ0) is 33.2. The van der Waals surface area contributed by atoms with Crippen molar-refractivity contribution in [2.75, 3.05) is 31.5 Å². The highest BCUT2D eigenvalue weighted by atomic mass is 19.1. The highest BCUT2D eigenvalue weighted by molar-refractivity contribution is 6.10. The number of carboxylic acids is 1. The van der Waals surface area contributed by atoms with Crippen molar-refractivity contribution in [2.24, 2.45) is 5.92 Å². The third-order valence-electron chi connectivity index (χ3n) is 6.62. The van der Waals surface area contributed by atoms with Crippen molar-refractivity contribution in [1.29, 1.82) is 0 Å². The lowest BCUT2D eigenvalue weighted by molar-refractivity contribution is -0.156. The monoisotopic (exact) mass is 635 g/mol. The summed E-state index contributed by atoms with van der Waals surface area (Å²) in [6.07, 6.45) is -1.46. The molecule has 0 aliphatic carbocycles. The zero-order valence-electron chi connectivity index (χ0n) is 24.7. The van der Waals surface area contributed by atoms with Crippen molar-refractivity contribution in [3.05, 3.63) is 78.7 Å². The number of halogens is 1. The summed E-state index contributed by atoms with van der Waals surface area (Å²) in [7, 11) is 3.04. The number of aromatic nitrogens is 1. The van der Waals surface area contributed by atoms with E-state index in [0.29, 0.717) is 39.6 Å². The van der Waals surface area contributed by atoms with E-state index in [2.05, 4.69) is 15.6 Å². The molecule has 4 rings (SSSR count). The Hall–Kier alpha value is -5.76. The molecule has 4 N–H and O–H groups in total. The zero-order valence-corrected chi connectivity index (χ0v) is 24.7. The fourth-order valence-electron chi connectivity index (χ4n) is 4.24. The summed E-state index contributed by atoms with van der Waals surface area (Å²) in [4.78, 5) is 53.3. The number of methoxy groups -OCH3 is 2. The number of hydrogen-bond donors (Lipinski definition) is 4. The van der Waals surface area contributed by atoms with Crippen molar-refractivity contribution in [2.45, 2.75) is 18.9 Å². The number of aliphatic carboxylic acids is 1. The first kappa shape index (κ1) is 33.1. The summed E-state index contributed by atoms with van der Waals surface area (Å²) in [5.41, 5.74) is 1.17. The number of amides is 2. The highest BCUT2D eigenvalue weighted by Gasteiger charge is 2.28. The topological polar surface area (TPSA) is 183 Å². The van der Waals surface area contributed by atoms with Crippen molar-refractivity contribution in [1.82, 2.24) is 4.98 Å². The van der Waals surface area contributed by atoms with Crippen LogP contribution in [0.25, 0.3) is 10.9 Å². The lowest BCUT2D eigenvalue weighted by Crippen LogP contribution is -2.35. The molecule has 0 saturated heterocycles. The predicted molar refractivity (Wildman–Crippen MR) is 162 cm³/mol. The molecule has 14 heteroatoms. The maximum Gasteiger partial charge on any atom is 0.333 e. The number of benzene rings is 3. The standard InChI is InChI=1S/C32H30FN3O10/c1-43-27-15-23-24(16-28(27)44-2)34-13-11-26(23)46-21-9-7-20(8-10-21)36-31(40)22(12-14-45-29(38)17-25(37)32(41)42)30(39)35-19-5-3-18(33)4-6-19/h3-11,13,15-16,22,25,37H,12,14,17H2,1-2H3,(H,35,39)(H,36,40)(H,41,42). The van der Waals surface area contributed by atoms with E-state index in [9.17, 15) is 28.7 Å². The molecule has 0 bridgehead atoms. The smallest absolute Gasteiger partial charge is 0.333 e. The number of hydrogen-bond acceptors (Lipinski definition) is 10. The van der Waals surface area contributed by atoms with E-state index in [1.54, 1.807) is 48.7 Å². The van der Waals surface area contributed by atoms with Crippen LogP contribution in [0.1, 0.15) is 12.8 Å². The molecule has 0 aliphatic rings. The van der Waals surface area contributed by atoms with Gasteiger partial charge < -0.3 is 39.8 Å². The molecule has 0 aliphatic heterocycles. The van der Waals surface area contributed by atoms with Crippen molar-refractivity contribution < 1.29 is 52.7 Å². The fourth-order valence-corrected chi connectivity index (χ4v) is 4.24. The van der Waals surface area contributed by atoms with E-state index < -0.39 is 54.6 Å². The van der Waals surface area contributed by atoms with Gasteiger partial charge in [0, 0.05) is 35.4 Å². The maximum absolute atomic E-state index is 13.3. The van der Waals surface area contributed by atoms with Crippen LogP contribution in [0.4, 0.5) is 15.8 Å². The second-order valence-corrected chi connectivity index (χ2v) is 9.77. The van der Waals surface area contributed by atoms with Crippen LogP contribution < -0.4 is 24.8 Å². The highest BCUT2D eigenvalue weighted by Crippen LogP contribution is 2.37. The summed E-state index contributed by atoms with van der Waals surface area (Å²) in [5.74, 6) is -4.09. The van der Waals surface area contributed by atoms with Gasteiger partial charge in [-0.2, -0.15) is 0 Å². The Morgan fingerprint density at radius 2 is 1.43 bits per heavy atom. The second kappa shape index (κ2) is 15.3. The molecule has 4 aromatic rings. The summed E-state index contributed by atoms with van der Waals surface area (Å²) in [6.45, 7) is -0.427. The summed E-state index contributed by atoms with van der Waals surface area (Å²) in [5, 5.41) is 23.9. The Morgan fingerprint density at radius 3 is 2.02 bits per heavy atom. The van der Waals surface area contributed by atoms with Gasteiger partial charge in [0.2, 0.25) is 11.8 Å².